The minimum absolute atomic E-state index is 0.304. The Hall–Kier alpha value is -3.44. The summed E-state index contributed by atoms with van der Waals surface area (Å²) < 4.78 is 1.14. The Balaban J connectivity index is 1.62. The van der Waals surface area contributed by atoms with Crippen LogP contribution in [0.2, 0.25) is 0 Å². The molecule has 0 saturated carbocycles. The van der Waals surface area contributed by atoms with Gasteiger partial charge < -0.3 is 10.6 Å². The summed E-state index contributed by atoms with van der Waals surface area (Å²) in [5.74, 6) is 0.156. The zero-order valence-corrected chi connectivity index (χ0v) is 22.4. The second-order valence-electron chi connectivity index (χ2n) is 10.2. The average Bonchev–Trinajstić information content (AvgIpc) is 3.26. The highest BCUT2D eigenvalue weighted by Gasteiger charge is 2.42. The molecule has 0 radical (unpaired) electrons. The fourth-order valence-corrected chi connectivity index (χ4v) is 5.40. The molecule has 0 aliphatic rings. The van der Waals surface area contributed by atoms with Crippen molar-refractivity contribution in [3.8, 4) is 0 Å². The standard InChI is InChI=1S/C31H34N2O2S/c1-20(2)22-10-14-25(15-11-22)32-29(34)31(5,19-27-18-24-8-6-7-9-28(24)36-27)30(35)33-26-16-12-23(13-17-26)21(3)4/h6-18,20-21H,19H2,1-5H3,(H,32,34)(H,33,35). The normalized spacial score (nSPS) is 11.8. The van der Waals surface area contributed by atoms with Crippen molar-refractivity contribution in [2.75, 3.05) is 10.6 Å². The van der Waals surface area contributed by atoms with E-state index in [0.29, 0.717) is 29.6 Å². The van der Waals surface area contributed by atoms with E-state index >= 15 is 0 Å². The zero-order valence-electron chi connectivity index (χ0n) is 21.6. The molecule has 0 aliphatic carbocycles. The summed E-state index contributed by atoms with van der Waals surface area (Å²) in [6.45, 7) is 10.3. The van der Waals surface area contributed by atoms with E-state index in [1.54, 1.807) is 18.3 Å². The quantitative estimate of drug-likeness (QED) is 0.242. The lowest BCUT2D eigenvalue weighted by Gasteiger charge is -2.27. The van der Waals surface area contributed by atoms with Crippen LogP contribution < -0.4 is 10.6 Å². The van der Waals surface area contributed by atoms with Crippen LogP contribution >= 0.6 is 11.3 Å². The highest BCUT2D eigenvalue weighted by atomic mass is 32.1. The molecule has 2 N–H and O–H groups in total. The van der Waals surface area contributed by atoms with Crippen molar-refractivity contribution in [2.45, 2.75) is 52.9 Å². The van der Waals surface area contributed by atoms with Gasteiger partial charge in [-0.2, -0.15) is 0 Å². The molecule has 0 saturated heterocycles. The summed E-state index contributed by atoms with van der Waals surface area (Å²) in [6, 6.07) is 25.8. The molecular formula is C31H34N2O2S. The smallest absolute Gasteiger partial charge is 0.240 e. The summed E-state index contributed by atoms with van der Waals surface area (Å²) in [7, 11) is 0. The van der Waals surface area contributed by atoms with E-state index in [1.807, 2.05) is 60.7 Å². The molecule has 0 atom stereocenters. The Morgan fingerprint density at radius 3 is 1.67 bits per heavy atom. The Bertz CT molecular complexity index is 1250. The van der Waals surface area contributed by atoms with E-state index in [-0.39, 0.29) is 11.8 Å². The number of nitrogens with one attached hydrogen (secondary N) is 2. The van der Waals surface area contributed by atoms with Crippen LogP contribution in [0.25, 0.3) is 10.1 Å². The number of rotatable bonds is 8. The van der Waals surface area contributed by atoms with Gasteiger partial charge in [-0.05, 0) is 71.7 Å². The van der Waals surface area contributed by atoms with Gasteiger partial charge in [-0.1, -0.05) is 70.2 Å². The molecule has 36 heavy (non-hydrogen) atoms. The van der Waals surface area contributed by atoms with Gasteiger partial charge >= 0.3 is 0 Å². The molecule has 0 bridgehead atoms. The van der Waals surface area contributed by atoms with Crippen LogP contribution in [0.15, 0.2) is 78.9 Å². The van der Waals surface area contributed by atoms with E-state index in [1.165, 1.54) is 11.1 Å². The lowest BCUT2D eigenvalue weighted by molar-refractivity contribution is -0.136. The van der Waals surface area contributed by atoms with Crippen molar-refractivity contribution in [1.82, 2.24) is 0 Å². The number of carbonyl (C=O) groups is 2. The van der Waals surface area contributed by atoms with Crippen LogP contribution in [-0.4, -0.2) is 11.8 Å². The van der Waals surface area contributed by atoms with Crippen molar-refractivity contribution in [3.63, 3.8) is 0 Å². The average molecular weight is 499 g/mol. The number of carbonyl (C=O) groups excluding carboxylic acids is 2. The Morgan fingerprint density at radius 2 is 1.22 bits per heavy atom. The molecule has 0 aliphatic heterocycles. The zero-order chi connectivity index (χ0) is 25.9. The number of thiophene rings is 1. The van der Waals surface area contributed by atoms with Gasteiger partial charge in [-0.25, -0.2) is 0 Å². The Kier molecular flexibility index (Phi) is 7.60. The van der Waals surface area contributed by atoms with Crippen LogP contribution in [0.3, 0.4) is 0 Å². The van der Waals surface area contributed by atoms with Gasteiger partial charge in [0.05, 0.1) is 0 Å². The third kappa shape index (κ3) is 5.68. The minimum atomic E-state index is -1.31. The molecule has 0 spiro atoms. The monoisotopic (exact) mass is 498 g/mol. The maximum atomic E-state index is 13.7. The van der Waals surface area contributed by atoms with Gasteiger partial charge in [-0.3, -0.25) is 9.59 Å². The van der Waals surface area contributed by atoms with Crippen molar-refractivity contribution >= 4 is 44.6 Å². The third-order valence-electron chi connectivity index (χ3n) is 6.68. The van der Waals surface area contributed by atoms with Gasteiger partial charge in [0.1, 0.15) is 5.41 Å². The SMILES string of the molecule is CC(C)c1ccc(NC(=O)C(C)(Cc2cc3ccccc3s2)C(=O)Nc2ccc(C(C)C)cc2)cc1. The summed E-state index contributed by atoms with van der Waals surface area (Å²) in [6.07, 6.45) is 0.304. The number of amides is 2. The second kappa shape index (κ2) is 10.7. The summed E-state index contributed by atoms with van der Waals surface area (Å²) in [4.78, 5) is 28.4. The topological polar surface area (TPSA) is 58.2 Å². The van der Waals surface area contributed by atoms with Crippen LogP contribution in [-0.2, 0) is 16.0 Å². The van der Waals surface area contributed by atoms with Gasteiger partial charge in [-0.15, -0.1) is 11.3 Å². The molecule has 0 unspecified atom stereocenters. The molecule has 1 aromatic heterocycles. The lowest BCUT2D eigenvalue weighted by Crippen LogP contribution is -2.45. The summed E-state index contributed by atoms with van der Waals surface area (Å²) >= 11 is 1.62. The van der Waals surface area contributed by atoms with E-state index < -0.39 is 5.41 Å². The first-order valence-corrected chi connectivity index (χ1v) is 13.3. The number of fused-ring (bicyclic) bond motifs is 1. The molecule has 2 amide bonds. The fourth-order valence-electron chi connectivity index (χ4n) is 4.18. The Morgan fingerprint density at radius 1 is 0.750 bits per heavy atom. The largest absolute Gasteiger partial charge is 0.325 e. The minimum Gasteiger partial charge on any atom is -0.325 e. The molecular weight excluding hydrogens is 464 g/mol. The van der Waals surface area contributed by atoms with Gasteiger partial charge in [0.2, 0.25) is 11.8 Å². The van der Waals surface area contributed by atoms with E-state index in [9.17, 15) is 9.59 Å². The highest BCUT2D eigenvalue weighted by molar-refractivity contribution is 7.19. The van der Waals surface area contributed by atoms with Crippen LogP contribution in [0.4, 0.5) is 11.4 Å². The number of hydrogen-bond acceptors (Lipinski definition) is 3. The first kappa shape index (κ1) is 25.6. The van der Waals surface area contributed by atoms with Crippen LogP contribution in [0, 0.1) is 5.41 Å². The number of benzene rings is 3. The van der Waals surface area contributed by atoms with Crippen molar-refractivity contribution in [3.05, 3.63) is 94.9 Å². The highest BCUT2D eigenvalue weighted by Crippen LogP contribution is 2.33. The van der Waals surface area contributed by atoms with Gasteiger partial charge in [0, 0.05) is 27.4 Å². The third-order valence-corrected chi connectivity index (χ3v) is 7.79. The molecule has 0 fully saturated rings. The first-order chi connectivity index (χ1) is 17.2. The van der Waals surface area contributed by atoms with Gasteiger partial charge in [0.25, 0.3) is 0 Å². The molecule has 4 aromatic rings. The summed E-state index contributed by atoms with van der Waals surface area (Å²) in [5, 5.41) is 7.12. The lowest BCUT2D eigenvalue weighted by atomic mass is 9.83. The fraction of sp³-hybridized carbons (Fsp3) is 0.290. The van der Waals surface area contributed by atoms with Crippen LogP contribution in [0.1, 0.15) is 62.5 Å². The van der Waals surface area contributed by atoms with Gasteiger partial charge in [0.15, 0.2) is 0 Å². The predicted molar refractivity (Wildman–Crippen MR) is 152 cm³/mol. The maximum absolute atomic E-state index is 13.7. The molecule has 186 valence electrons. The number of hydrogen-bond donors (Lipinski definition) is 2. The van der Waals surface area contributed by atoms with Crippen molar-refractivity contribution < 1.29 is 9.59 Å². The second-order valence-corrected chi connectivity index (χ2v) is 11.4. The van der Waals surface area contributed by atoms with Crippen LogP contribution in [0.5, 0.6) is 0 Å². The number of anilines is 2. The Labute approximate surface area is 217 Å². The van der Waals surface area contributed by atoms with E-state index in [2.05, 4.69) is 56.5 Å². The molecule has 5 heteroatoms. The van der Waals surface area contributed by atoms with E-state index in [0.717, 1.165) is 15.0 Å². The van der Waals surface area contributed by atoms with Crippen molar-refractivity contribution in [2.24, 2.45) is 5.41 Å². The van der Waals surface area contributed by atoms with E-state index in [4.69, 9.17) is 0 Å². The predicted octanol–water partition coefficient (Wildman–Crippen LogP) is 7.97. The summed E-state index contributed by atoms with van der Waals surface area (Å²) in [5.41, 5.74) is 2.45. The van der Waals surface area contributed by atoms with Crippen molar-refractivity contribution in [1.29, 1.82) is 0 Å². The maximum Gasteiger partial charge on any atom is 0.240 e. The molecule has 1 heterocycles. The molecule has 4 nitrogen and oxygen atoms in total. The molecule has 4 rings (SSSR count). The first-order valence-electron chi connectivity index (χ1n) is 12.5. The molecule has 3 aromatic carbocycles.